The Hall–Kier alpha value is -3.68. The van der Waals surface area contributed by atoms with Gasteiger partial charge < -0.3 is 23.9 Å². The Morgan fingerprint density at radius 1 is 1.20 bits per heavy atom. The van der Waals surface area contributed by atoms with Gasteiger partial charge in [-0.25, -0.2) is 4.68 Å². The number of esters is 1. The van der Waals surface area contributed by atoms with Crippen LogP contribution >= 0.6 is 0 Å². The molecule has 1 aromatic heterocycles. The highest BCUT2D eigenvalue weighted by molar-refractivity contribution is 7.84. The van der Waals surface area contributed by atoms with E-state index in [1.54, 1.807) is 11.7 Å². The lowest BCUT2D eigenvalue weighted by molar-refractivity contribution is -0.140. The molecule has 0 amide bonds. The molecule has 2 heterocycles. The Balaban J connectivity index is 1.76. The quantitative estimate of drug-likeness (QED) is 0.238. The number of aryl methyl sites for hydroxylation is 3. The van der Waals surface area contributed by atoms with Crippen LogP contribution in [0.25, 0.3) is 11.0 Å². The van der Waals surface area contributed by atoms with E-state index in [0.717, 1.165) is 50.5 Å². The molecule has 222 valence electrons. The van der Waals surface area contributed by atoms with Gasteiger partial charge in [0.2, 0.25) is 0 Å². The molecule has 12 nitrogen and oxygen atoms in total. The number of carbonyl (C=O) groups is 1. The lowest BCUT2D eigenvalue weighted by Gasteiger charge is -2.25. The van der Waals surface area contributed by atoms with Crippen molar-refractivity contribution in [3.63, 3.8) is 0 Å². The number of aliphatic hydroxyl groups excluding tert-OH is 2. The summed E-state index contributed by atoms with van der Waals surface area (Å²) in [5.41, 5.74) is 5.40. The van der Waals surface area contributed by atoms with Gasteiger partial charge in [0.25, 0.3) is 5.95 Å². The number of unbranched alkanes of at least 4 members (excludes halogenated alkanes) is 2. The number of fused-ring (bicyclic) bond motifs is 1. The first-order chi connectivity index (χ1) is 19.6. The van der Waals surface area contributed by atoms with Crippen molar-refractivity contribution in [2.24, 2.45) is 7.05 Å². The molecule has 0 saturated carbocycles. The third kappa shape index (κ3) is 6.80. The predicted molar refractivity (Wildman–Crippen MR) is 150 cm³/mol. The number of hydrogen-bond acceptors (Lipinski definition) is 10. The number of benzene rings is 2. The average molecular weight is 589 g/mol. The molecule has 2 N–H and O–H groups in total. The largest absolute Gasteiger partial charge is 0.491 e. The van der Waals surface area contributed by atoms with Gasteiger partial charge in [0.05, 0.1) is 20.1 Å². The summed E-state index contributed by atoms with van der Waals surface area (Å²) in [6, 6.07) is 7.59. The van der Waals surface area contributed by atoms with Crippen molar-refractivity contribution in [3.8, 4) is 5.75 Å². The van der Waals surface area contributed by atoms with Gasteiger partial charge in [-0.05, 0) is 67.0 Å². The van der Waals surface area contributed by atoms with Crippen molar-refractivity contribution < 1.29 is 37.1 Å². The maximum absolute atomic E-state index is 12.6. The molecule has 0 saturated heterocycles. The maximum Gasteiger partial charge on any atom is 0.388 e. The van der Waals surface area contributed by atoms with Gasteiger partial charge in [0.15, 0.2) is 0 Å². The van der Waals surface area contributed by atoms with Crippen LogP contribution in [0.3, 0.4) is 0 Å². The summed E-state index contributed by atoms with van der Waals surface area (Å²) >= 11 is 0. The molecule has 1 aliphatic heterocycles. The van der Waals surface area contributed by atoms with Crippen molar-refractivity contribution in [1.82, 2.24) is 19.3 Å². The SMILES string of the molecule is COC(=O)CC(c1ccc(C)c(CN2CC=C(O)OS2(=O)=O)c1)c1cc(OCCCCCO)c2c(nnn2C)c1C. The smallest absolute Gasteiger partial charge is 0.388 e. The van der Waals surface area contributed by atoms with Crippen LogP contribution in [0.1, 0.15) is 59.4 Å². The Morgan fingerprint density at radius 3 is 2.68 bits per heavy atom. The number of nitrogens with zero attached hydrogens (tertiary/aromatic N) is 4. The zero-order valence-corrected chi connectivity index (χ0v) is 24.5. The van der Waals surface area contributed by atoms with E-state index < -0.39 is 28.1 Å². The molecular formula is C28H36N4O8S. The number of carbonyl (C=O) groups excluding carboxylic acids is 1. The van der Waals surface area contributed by atoms with E-state index in [-0.39, 0.29) is 26.1 Å². The molecule has 0 bridgehead atoms. The minimum atomic E-state index is -4.15. The summed E-state index contributed by atoms with van der Waals surface area (Å²) in [6.45, 7) is 4.35. The standard InChI is InChI=1S/C28H36N4O8S/c1-18-8-9-20(14-21(18)17-32-11-10-25(34)40-41(32,36)37)23(16-26(35)38-4)22-15-24(39-13-7-5-6-12-33)28-27(19(22)2)29-30-31(28)3/h8-10,14-15,23,33-34H,5-7,11-13,16-17H2,1-4H3. The zero-order chi connectivity index (χ0) is 29.7. The van der Waals surface area contributed by atoms with Crippen LogP contribution in [0.15, 0.2) is 36.3 Å². The van der Waals surface area contributed by atoms with Gasteiger partial charge in [0.1, 0.15) is 16.8 Å². The average Bonchev–Trinajstić information content (AvgIpc) is 3.33. The predicted octanol–water partition coefficient (Wildman–Crippen LogP) is 3.30. The first-order valence-corrected chi connectivity index (χ1v) is 14.7. The number of aliphatic hydroxyl groups is 2. The molecule has 0 spiro atoms. The fourth-order valence-corrected chi connectivity index (χ4v) is 5.86. The van der Waals surface area contributed by atoms with Crippen LogP contribution in [-0.4, -0.2) is 70.8 Å². The lowest BCUT2D eigenvalue weighted by atomic mass is 9.84. The molecule has 4 rings (SSSR count). The topological polar surface area (TPSA) is 153 Å². The van der Waals surface area contributed by atoms with E-state index in [1.165, 1.54) is 13.2 Å². The molecule has 1 atom stereocenters. The van der Waals surface area contributed by atoms with E-state index in [0.29, 0.717) is 24.3 Å². The number of ether oxygens (including phenoxy) is 2. The van der Waals surface area contributed by atoms with Gasteiger partial charge in [-0.1, -0.05) is 23.4 Å². The van der Waals surface area contributed by atoms with Crippen molar-refractivity contribution in [2.75, 3.05) is 26.9 Å². The van der Waals surface area contributed by atoms with Crippen molar-refractivity contribution in [1.29, 1.82) is 0 Å². The second-order valence-electron chi connectivity index (χ2n) is 10.0. The third-order valence-corrected chi connectivity index (χ3v) is 8.56. The normalized spacial score (nSPS) is 15.8. The minimum absolute atomic E-state index is 0.0150. The Labute approximate surface area is 239 Å². The van der Waals surface area contributed by atoms with Crippen LogP contribution in [-0.2, 0) is 37.6 Å². The van der Waals surface area contributed by atoms with Gasteiger partial charge in [-0.3, -0.25) is 4.79 Å². The zero-order valence-electron chi connectivity index (χ0n) is 23.7. The van der Waals surface area contributed by atoms with Crippen LogP contribution in [0.5, 0.6) is 5.75 Å². The molecule has 0 aliphatic carbocycles. The maximum atomic E-state index is 12.6. The highest BCUT2D eigenvalue weighted by Crippen LogP contribution is 2.39. The van der Waals surface area contributed by atoms with E-state index in [2.05, 4.69) is 14.5 Å². The summed E-state index contributed by atoms with van der Waals surface area (Å²) in [7, 11) is -1.02. The molecule has 1 unspecified atom stereocenters. The van der Waals surface area contributed by atoms with Gasteiger partial charge in [-0.2, -0.15) is 12.7 Å². The highest BCUT2D eigenvalue weighted by Gasteiger charge is 2.30. The van der Waals surface area contributed by atoms with Crippen LogP contribution in [0, 0.1) is 13.8 Å². The Morgan fingerprint density at radius 2 is 1.98 bits per heavy atom. The fourth-order valence-electron chi connectivity index (χ4n) is 4.92. The molecule has 13 heteroatoms. The number of rotatable bonds is 12. The molecule has 2 aromatic carbocycles. The molecule has 0 radical (unpaired) electrons. The van der Waals surface area contributed by atoms with Crippen LogP contribution in [0.2, 0.25) is 0 Å². The van der Waals surface area contributed by atoms with Crippen molar-refractivity contribution in [3.05, 3.63) is 64.1 Å². The van der Waals surface area contributed by atoms with E-state index in [9.17, 15) is 18.3 Å². The summed E-state index contributed by atoms with van der Waals surface area (Å²) < 4.78 is 43.6. The number of hydrogen-bond donors (Lipinski definition) is 2. The van der Waals surface area contributed by atoms with Gasteiger partial charge in [-0.15, -0.1) is 5.10 Å². The number of aromatic nitrogens is 3. The number of methoxy groups -OCH3 is 1. The lowest BCUT2D eigenvalue weighted by Crippen LogP contribution is -2.35. The first-order valence-electron chi connectivity index (χ1n) is 13.4. The second-order valence-corrected chi connectivity index (χ2v) is 11.6. The highest BCUT2D eigenvalue weighted by atomic mass is 32.2. The second kappa shape index (κ2) is 12.9. The van der Waals surface area contributed by atoms with Gasteiger partial charge >= 0.3 is 16.3 Å². The van der Waals surface area contributed by atoms with Gasteiger partial charge in [0, 0.05) is 38.7 Å². The van der Waals surface area contributed by atoms with E-state index in [1.807, 2.05) is 38.1 Å². The molecule has 41 heavy (non-hydrogen) atoms. The summed E-state index contributed by atoms with van der Waals surface area (Å²) in [4.78, 5) is 12.6. The fraction of sp³-hybridized carbons (Fsp3) is 0.464. The van der Waals surface area contributed by atoms with Crippen LogP contribution in [0.4, 0.5) is 0 Å². The molecule has 1 aliphatic rings. The molecule has 3 aromatic rings. The summed E-state index contributed by atoms with van der Waals surface area (Å²) in [5, 5.41) is 27.2. The summed E-state index contributed by atoms with van der Waals surface area (Å²) in [6.07, 6.45) is 3.60. The first kappa shape index (κ1) is 30.3. The van der Waals surface area contributed by atoms with Crippen LogP contribution < -0.4 is 4.74 Å². The monoisotopic (exact) mass is 588 g/mol. The third-order valence-electron chi connectivity index (χ3n) is 7.27. The van der Waals surface area contributed by atoms with Crippen molar-refractivity contribution in [2.45, 2.75) is 52.0 Å². The summed E-state index contributed by atoms with van der Waals surface area (Å²) in [5.74, 6) is -0.924. The Bertz CT molecular complexity index is 1550. The Kier molecular flexibility index (Phi) is 9.51. The minimum Gasteiger partial charge on any atom is -0.491 e. The van der Waals surface area contributed by atoms with E-state index in [4.69, 9.17) is 14.6 Å². The molecular weight excluding hydrogens is 552 g/mol. The van der Waals surface area contributed by atoms with Crippen molar-refractivity contribution >= 4 is 27.3 Å². The molecule has 0 fully saturated rings. The van der Waals surface area contributed by atoms with E-state index >= 15 is 0 Å².